The monoisotopic (exact) mass is 174 g/mol. The molecule has 1 N–H and O–H groups in total. The lowest BCUT2D eigenvalue weighted by atomic mass is 10.3. The van der Waals surface area contributed by atoms with E-state index in [1.54, 1.807) is 0 Å². The lowest BCUT2D eigenvalue weighted by Gasteiger charge is -2.39. The molecule has 11 heavy (non-hydrogen) atoms. The number of hydrogen-bond donors (Lipinski definition) is 1. The molecule has 2 nitrogen and oxygen atoms in total. The average molecular weight is 174 g/mol. The van der Waals surface area contributed by atoms with Crippen LogP contribution >= 0.6 is 11.8 Å². The summed E-state index contributed by atoms with van der Waals surface area (Å²) in [5.41, 5.74) is 0. The van der Waals surface area contributed by atoms with E-state index < -0.39 is 0 Å². The Morgan fingerprint density at radius 2 is 2.00 bits per heavy atom. The Bertz CT molecular complexity index is 145. The van der Waals surface area contributed by atoms with Gasteiger partial charge in [0.25, 0.3) is 0 Å². The maximum atomic E-state index is 9.50. The Morgan fingerprint density at radius 3 is 2.64 bits per heavy atom. The van der Waals surface area contributed by atoms with E-state index in [1.807, 2.05) is 11.8 Å². The first-order chi connectivity index (χ1) is 5.31. The molecule has 0 bridgehead atoms. The van der Waals surface area contributed by atoms with Gasteiger partial charge in [0.1, 0.15) is 18.5 Å². The fourth-order valence-electron chi connectivity index (χ4n) is 2.25. The Hall–Kier alpha value is 0.270. The molecule has 64 valence electrons. The van der Waals surface area contributed by atoms with Crippen molar-refractivity contribution in [3.8, 4) is 0 Å². The second-order valence-electron chi connectivity index (χ2n) is 3.83. The molecule has 0 amide bonds. The van der Waals surface area contributed by atoms with Crippen LogP contribution in [0.4, 0.5) is 0 Å². The van der Waals surface area contributed by atoms with E-state index in [2.05, 4.69) is 0 Å². The van der Waals surface area contributed by atoms with Gasteiger partial charge in [-0.3, -0.25) is 0 Å². The number of quaternary nitrogens is 1. The van der Waals surface area contributed by atoms with E-state index in [-0.39, 0.29) is 6.10 Å². The van der Waals surface area contributed by atoms with Crippen LogP contribution in [0.5, 0.6) is 0 Å². The van der Waals surface area contributed by atoms with E-state index in [1.165, 1.54) is 36.3 Å². The summed E-state index contributed by atoms with van der Waals surface area (Å²) in [5.74, 6) is 2.21. The summed E-state index contributed by atoms with van der Waals surface area (Å²) in [5, 5.41) is 9.50. The SMILES string of the molecule is OC1CSC[N+]2(CCCC2)C1. The summed E-state index contributed by atoms with van der Waals surface area (Å²) in [7, 11) is 0. The van der Waals surface area contributed by atoms with Crippen LogP contribution in [0.1, 0.15) is 12.8 Å². The minimum atomic E-state index is -0.0353. The quantitative estimate of drug-likeness (QED) is 0.544. The third kappa shape index (κ3) is 1.55. The van der Waals surface area contributed by atoms with E-state index >= 15 is 0 Å². The van der Waals surface area contributed by atoms with Crippen molar-refractivity contribution in [1.29, 1.82) is 0 Å². The lowest BCUT2D eigenvalue weighted by molar-refractivity contribution is -0.908. The molecule has 2 rings (SSSR count). The molecule has 2 fully saturated rings. The maximum absolute atomic E-state index is 9.50. The van der Waals surface area contributed by atoms with Gasteiger partial charge in [0.2, 0.25) is 0 Å². The van der Waals surface area contributed by atoms with Gasteiger partial charge in [-0.2, -0.15) is 0 Å². The van der Waals surface area contributed by atoms with Crippen molar-refractivity contribution in [3.05, 3.63) is 0 Å². The molecule has 0 aromatic rings. The fourth-order valence-corrected chi connectivity index (χ4v) is 3.49. The Labute approximate surface area is 72.2 Å². The first-order valence-electron chi connectivity index (χ1n) is 4.42. The minimum absolute atomic E-state index is 0.0353. The molecule has 1 atom stereocenters. The zero-order valence-corrected chi connectivity index (χ0v) is 7.65. The van der Waals surface area contributed by atoms with Gasteiger partial charge < -0.3 is 9.59 Å². The van der Waals surface area contributed by atoms with Crippen molar-refractivity contribution >= 4 is 11.8 Å². The van der Waals surface area contributed by atoms with Gasteiger partial charge in [0.15, 0.2) is 0 Å². The van der Waals surface area contributed by atoms with Gasteiger partial charge in [-0.25, -0.2) is 0 Å². The highest BCUT2D eigenvalue weighted by Crippen LogP contribution is 2.28. The number of rotatable bonds is 0. The van der Waals surface area contributed by atoms with Crippen LogP contribution in [0.25, 0.3) is 0 Å². The zero-order valence-electron chi connectivity index (χ0n) is 6.83. The second kappa shape index (κ2) is 2.96. The van der Waals surface area contributed by atoms with Crippen molar-refractivity contribution in [2.45, 2.75) is 18.9 Å². The molecule has 0 aromatic heterocycles. The number of aliphatic hydroxyl groups is 1. The Morgan fingerprint density at radius 1 is 1.27 bits per heavy atom. The summed E-state index contributed by atoms with van der Waals surface area (Å²) in [4.78, 5) is 0. The second-order valence-corrected chi connectivity index (χ2v) is 4.83. The third-order valence-electron chi connectivity index (χ3n) is 2.79. The first kappa shape index (κ1) is 7.90. The highest BCUT2D eigenvalue weighted by atomic mass is 32.2. The van der Waals surface area contributed by atoms with Crippen LogP contribution in [0, 0.1) is 0 Å². The predicted octanol–water partition coefficient (Wildman–Crippen LogP) is 0.662. The van der Waals surface area contributed by atoms with Crippen LogP contribution < -0.4 is 0 Å². The zero-order chi connectivity index (χ0) is 7.73. The molecular formula is C8H16NOS+. The molecule has 3 heteroatoms. The molecule has 0 aromatic carbocycles. The van der Waals surface area contributed by atoms with E-state index in [0.717, 1.165) is 12.3 Å². The topological polar surface area (TPSA) is 20.2 Å². The van der Waals surface area contributed by atoms with E-state index in [0.29, 0.717) is 0 Å². The highest BCUT2D eigenvalue weighted by Gasteiger charge is 2.37. The minimum Gasteiger partial charge on any atom is -0.386 e. The van der Waals surface area contributed by atoms with Crippen molar-refractivity contribution < 1.29 is 9.59 Å². The van der Waals surface area contributed by atoms with Crippen molar-refractivity contribution in [1.82, 2.24) is 0 Å². The summed E-state index contributed by atoms with van der Waals surface area (Å²) in [6.45, 7) is 3.64. The summed E-state index contributed by atoms with van der Waals surface area (Å²) in [6, 6.07) is 0. The molecule has 0 radical (unpaired) electrons. The maximum Gasteiger partial charge on any atom is 0.126 e. The summed E-state index contributed by atoms with van der Waals surface area (Å²) >= 11 is 1.92. The van der Waals surface area contributed by atoms with Gasteiger partial charge in [0.05, 0.1) is 13.1 Å². The number of hydrogen-bond acceptors (Lipinski definition) is 2. The molecule has 2 heterocycles. The predicted molar refractivity (Wildman–Crippen MR) is 47.4 cm³/mol. The van der Waals surface area contributed by atoms with Gasteiger partial charge in [0, 0.05) is 18.6 Å². The lowest BCUT2D eigenvalue weighted by Crippen LogP contribution is -2.53. The van der Waals surface area contributed by atoms with Crippen LogP contribution in [0.2, 0.25) is 0 Å². The van der Waals surface area contributed by atoms with Crippen molar-refractivity contribution in [3.63, 3.8) is 0 Å². The molecule has 0 saturated carbocycles. The van der Waals surface area contributed by atoms with Gasteiger partial charge >= 0.3 is 0 Å². The normalized spacial score (nSPS) is 36.3. The van der Waals surface area contributed by atoms with Gasteiger partial charge in [-0.1, -0.05) is 11.8 Å². The fraction of sp³-hybridized carbons (Fsp3) is 1.00. The number of nitrogens with zero attached hydrogens (tertiary/aromatic N) is 1. The highest BCUT2D eigenvalue weighted by molar-refractivity contribution is 7.99. The first-order valence-corrected chi connectivity index (χ1v) is 5.57. The Kier molecular flexibility index (Phi) is 2.12. The molecule has 2 saturated heterocycles. The van der Waals surface area contributed by atoms with E-state index in [4.69, 9.17) is 0 Å². The smallest absolute Gasteiger partial charge is 0.126 e. The third-order valence-corrected chi connectivity index (χ3v) is 4.14. The molecule has 1 spiro atoms. The molecular weight excluding hydrogens is 158 g/mol. The van der Waals surface area contributed by atoms with Crippen molar-refractivity contribution in [2.24, 2.45) is 0 Å². The number of thioether (sulfide) groups is 1. The average Bonchev–Trinajstić information content (AvgIpc) is 2.37. The molecule has 1 unspecified atom stereocenters. The largest absolute Gasteiger partial charge is 0.386 e. The van der Waals surface area contributed by atoms with Crippen molar-refractivity contribution in [2.75, 3.05) is 31.3 Å². The molecule has 2 aliphatic heterocycles. The Balaban J connectivity index is 2.00. The van der Waals surface area contributed by atoms with Crippen LogP contribution in [0.15, 0.2) is 0 Å². The molecule has 2 aliphatic rings. The van der Waals surface area contributed by atoms with E-state index in [9.17, 15) is 5.11 Å². The van der Waals surface area contributed by atoms with Crippen LogP contribution in [0.3, 0.4) is 0 Å². The van der Waals surface area contributed by atoms with Crippen LogP contribution in [-0.2, 0) is 0 Å². The van der Waals surface area contributed by atoms with Gasteiger partial charge in [-0.15, -0.1) is 0 Å². The number of aliphatic hydroxyl groups excluding tert-OH is 1. The molecule has 0 aliphatic carbocycles. The van der Waals surface area contributed by atoms with Gasteiger partial charge in [-0.05, 0) is 0 Å². The summed E-state index contributed by atoms with van der Waals surface area (Å²) in [6.07, 6.45) is 2.70. The van der Waals surface area contributed by atoms with Crippen LogP contribution in [-0.4, -0.2) is 47.0 Å². The standard InChI is InChI=1S/C8H16NOS/c10-8-5-9(7-11-6-8)3-1-2-4-9/h8,10H,1-7H2/q+1. The summed E-state index contributed by atoms with van der Waals surface area (Å²) < 4.78 is 1.20.